The van der Waals surface area contributed by atoms with Crippen molar-refractivity contribution in [2.45, 2.75) is 57.5 Å². The lowest BCUT2D eigenvalue weighted by atomic mass is 9.92. The van der Waals surface area contributed by atoms with Gasteiger partial charge >= 0.3 is 0 Å². The van der Waals surface area contributed by atoms with E-state index >= 15 is 0 Å². The average Bonchev–Trinajstić information content (AvgIpc) is 2.75. The van der Waals surface area contributed by atoms with Gasteiger partial charge in [0.25, 0.3) is 0 Å². The molecule has 1 heterocycles. The van der Waals surface area contributed by atoms with Crippen LogP contribution in [0, 0.1) is 5.92 Å². The van der Waals surface area contributed by atoms with Gasteiger partial charge in [-0.2, -0.15) is 0 Å². The minimum atomic E-state index is 0.215. The summed E-state index contributed by atoms with van der Waals surface area (Å²) in [5.74, 6) is 0.580. The molecular formula is C13H24N2O. The molecule has 0 aromatic heterocycles. The summed E-state index contributed by atoms with van der Waals surface area (Å²) in [7, 11) is 2.00. The van der Waals surface area contributed by atoms with Crippen molar-refractivity contribution in [2.24, 2.45) is 5.92 Å². The SMILES string of the molecule is CC1NCCC1C(=O)N(C)C1CCCCC1. The largest absolute Gasteiger partial charge is 0.342 e. The van der Waals surface area contributed by atoms with Crippen molar-refractivity contribution in [1.82, 2.24) is 10.2 Å². The fourth-order valence-electron chi connectivity index (χ4n) is 3.11. The molecule has 1 amide bonds. The molecule has 3 nitrogen and oxygen atoms in total. The topological polar surface area (TPSA) is 32.3 Å². The molecular weight excluding hydrogens is 200 g/mol. The lowest BCUT2D eigenvalue weighted by Gasteiger charge is -2.33. The van der Waals surface area contributed by atoms with Gasteiger partial charge in [0, 0.05) is 19.1 Å². The van der Waals surface area contributed by atoms with Gasteiger partial charge in [-0.05, 0) is 32.7 Å². The van der Waals surface area contributed by atoms with Gasteiger partial charge in [-0.1, -0.05) is 19.3 Å². The number of carbonyl (C=O) groups is 1. The fourth-order valence-corrected chi connectivity index (χ4v) is 3.11. The minimum absolute atomic E-state index is 0.215. The second-order valence-electron chi connectivity index (χ2n) is 5.38. The number of hydrogen-bond donors (Lipinski definition) is 1. The van der Waals surface area contributed by atoms with E-state index in [0.29, 0.717) is 18.0 Å². The molecule has 0 radical (unpaired) electrons. The van der Waals surface area contributed by atoms with Crippen molar-refractivity contribution >= 4 is 5.91 Å². The van der Waals surface area contributed by atoms with Gasteiger partial charge in [0.1, 0.15) is 0 Å². The Bertz CT molecular complexity index is 248. The van der Waals surface area contributed by atoms with E-state index in [9.17, 15) is 4.79 Å². The number of carbonyl (C=O) groups excluding carboxylic acids is 1. The zero-order chi connectivity index (χ0) is 11.5. The summed E-state index contributed by atoms with van der Waals surface area (Å²) in [4.78, 5) is 14.4. The van der Waals surface area contributed by atoms with Gasteiger partial charge in [0.2, 0.25) is 5.91 Å². The Morgan fingerprint density at radius 1 is 1.19 bits per heavy atom. The zero-order valence-corrected chi connectivity index (χ0v) is 10.5. The molecule has 2 aliphatic rings. The number of nitrogens with zero attached hydrogens (tertiary/aromatic N) is 1. The summed E-state index contributed by atoms with van der Waals surface area (Å²) in [6, 6.07) is 0.868. The van der Waals surface area contributed by atoms with Crippen LogP contribution in [0.15, 0.2) is 0 Å². The Morgan fingerprint density at radius 3 is 2.44 bits per heavy atom. The van der Waals surface area contributed by atoms with Crippen LogP contribution in [0.4, 0.5) is 0 Å². The molecule has 1 aliphatic carbocycles. The van der Waals surface area contributed by atoms with Gasteiger partial charge < -0.3 is 10.2 Å². The maximum absolute atomic E-state index is 12.3. The van der Waals surface area contributed by atoms with E-state index in [0.717, 1.165) is 13.0 Å². The third kappa shape index (κ3) is 2.40. The predicted molar refractivity (Wildman–Crippen MR) is 65.2 cm³/mol. The van der Waals surface area contributed by atoms with Crippen LogP contribution in [-0.2, 0) is 4.79 Å². The predicted octanol–water partition coefficient (Wildman–Crippen LogP) is 1.78. The van der Waals surface area contributed by atoms with Crippen LogP contribution in [0.25, 0.3) is 0 Å². The van der Waals surface area contributed by atoms with Gasteiger partial charge in [0.05, 0.1) is 5.92 Å². The van der Waals surface area contributed by atoms with Crippen LogP contribution in [0.3, 0.4) is 0 Å². The first-order chi connectivity index (χ1) is 7.70. The van der Waals surface area contributed by atoms with E-state index < -0.39 is 0 Å². The smallest absolute Gasteiger partial charge is 0.227 e. The van der Waals surface area contributed by atoms with Gasteiger partial charge in [-0.25, -0.2) is 0 Å². The van der Waals surface area contributed by atoms with Crippen molar-refractivity contribution in [2.75, 3.05) is 13.6 Å². The molecule has 2 unspecified atom stereocenters. The van der Waals surface area contributed by atoms with Crippen molar-refractivity contribution in [1.29, 1.82) is 0 Å². The Morgan fingerprint density at radius 2 is 1.88 bits per heavy atom. The third-order valence-electron chi connectivity index (χ3n) is 4.31. The summed E-state index contributed by atoms with van der Waals surface area (Å²) >= 11 is 0. The highest BCUT2D eigenvalue weighted by atomic mass is 16.2. The Hall–Kier alpha value is -0.570. The van der Waals surface area contributed by atoms with E-state index in [1.54, 1.807) is 0 Å². The summed E-state index contributed by atoms with van der Waals surface area (Å²) in [6.07, 6.45) is 7.35. The molecule has 16 heavy (non-hydrogen) atoms. The van der Waals surface area contributed by atoms with Crippen LogP contribution in [0.5, 0.6) is 0 Å². The van der Waals surface area contributed by atoms with E-state index in [1.807, 2.05) is 11.9 Å². The van der Waals surface area contributed by atoms with E-state index in [2.05, 4.69) is 12.2 Å². The first-order valence-electron chi connectivity index (χ1n) is 6.70. The monoisotopic (exact) mass is 224 g/mol. The number of amides is 1. The molecule has 1 saturated carbocycles. The molecule has 92 valence electrons. The Kier molecular flexibility index (Phi) is 3.85. The van der Waals surface area contributed by atoms with E-state index in [-0.39, 0.29) is 5.92 Å². The summed E-state index contributed by atoms with van der Waals surface area (Å²) in [6.45, 7) is 3.13. The zero-order valence-electron chi connectivity index (χ0n) is 10.5. The lowest BCUT2D eigenvalue weighted by molar-refractivity contribution is -0.137. The molecule has 1 saturated heterocycles. The number of nitrogens with one attached hydrogen (secondary N) is 1. The molecule has 1 N–H and O–H groups in total. The molecule has 0 aromatic carbocycles. The van der Waals surface area contributed by atoms with Crippen molar-refractivity contribution < 1.29 is 4.79 Å². The molecule has 0 aromatic rings. The van der Waals surface area contributed by atoms with Crippen molar-refractivity contribution in [3.05, 3.63) is 0 Å². The maximum atomic E-state index is 12.3. The van der Waals surface area contributed by atoms with Gasteiger partial charge in [-0.3, -0.25) is 4.79 Å². The van der Waals surface area contributed by atoms with E-state index in [4.69, 9.17) is 0 Å². The summed E-state index contributed by atoms with van der Waals surface area (Å²) in [5.41, 5.74) is 0. The second kappa shape index (κ2) is 5.17. The van der Waals surface area contributed by atoms with Crippen LogP contribution in [-0.4, -0.2) is 36.5 Å². The van der Waals surface area contributed by atoms with Gasteiger partial charge in [0.15, 0.2) is 0 Å². The minimum Gasteiger partial charge on any atom is -0.342 e. The quantitative estimate of drug-likeness (QED) is 0.775. The summed E-state index contributed by atoms with van der Waals surface area (Å²) in [5, 5.41) is 3.36. The number of hydrogen-bond acceptors (Lipinski definition) is 2. The first-order valence-corrected chi connectivity index (χ1v) is 6.70. The molecule has 0 spiro atoms. The number of rotatable bonds is 2. The second-order valence-corrected chi connectivity index (χ2v) is 5.38. The molecule has 2 rings (SSSR count). The molecule has 3 heteroatoms. The highest BCUT2D eigenvalue weighted by Crippen LogP contribution is 2.25. The third-order valence-corrected chi connectivity index (χ3v) is 4.31. The van der Waals surface area contributed by atoms with Crippen molar-refractivity contribution in [3.8, 4) is 0 Å². The van der Waals surface area contributed by atoms with Crippen LogP contribution in [0.2, 0.25) is 0 Å². The molecule has 2 atom stereocenters. The Balaban J connectivity index is 1.92. The highest BCUT2D eigenvalue weighted by Gasteiger charge is 2.33. The van der Waals surface area contributed by atoms with Crippen LogP contribution >= 0.6 is 0 Å². The lowest BCUT2D eigenvalue weighted by Crippen LogP contribution is -2.44. The van der Waals surface area contributed by atoms with Crippen LogP contribution < -0.4 is 5.32 Å². The summed E-state index contributed by atoms with van der Waals surface area (Å²) < 4.78 is 0. The molecule has 2 fully saturated rings. The Labute approximate surface area is 98.6 Å². The van der Waals surface area contributed by atoms with Crippen molar-refractivity contribution in [3.63, 3.8) is 0 Å². The maximum Gasteiger partial charge on any atom is 0.227 e. The normalized spacial score (nSPS) is 31.6. The van der Waals surface area contributed by atoms with E-state index in [1.165, 1.54) is 32.1 Å². The first kappa shape index (κ1) is 11.9. The van der Waals surface area contributed by atoms with Crippen LogP contribution in [0.1, 0.15) is 45.4 Å². The average molecular weight is 224 g/mol. The standard InChI is InChI=1S/C13H24N2O/c1-10-12(8-9-14-10)13(16)15(2)11-6-4-3-5-7-11/h10-12,14H,3-9H2,1-2H3. The fraction of sp³-hybridized carbons (Fsp3) is 0.923. The highest BCUT2D eigenvalue weighted by molar-refractivity contribution is 5.80. The molecule has 0 bridgehead atoms. The molecule has 1 aliphatic heterocycles. The van der Waals surface area contributed by atoms with Gasteiger partial charge in [-0.15, -0.1) is 0 Å².